The molecule has 1 N–H and O–H groups in total. The summed E-state index contributed by atoms with van der Waals surface area (Å²) in [7, 11) is 0. The van der Waals surface area contributed by atoms with Gasteiger partial charge in [-0.3, -0.25) is 9.78 Å². The molecule has 0 atom stereocenters. The van der Waals surface area contributed by atoms with Gasteiger partial charge in [0.25, 0.3) is 0 Å². The van der Waals surface area contributed by atoms with Gasteiger partial charge in [-0.05, 0) is 79.7 Å². The van der Waals surface area contributed by atoms with Crippen molar-refractivity contribution in [3.05, 3.63) is 77.9 Å². The van der Waals surface area contributed by atoms with Gasteiger partial charge in [0.15, 0.2) is 5.16 Å². The van der Waals surface area contributed by atoms with E-state index >= 15 is 0 Å². The van der Waals surface area contributed by atoms with Gasteiger partial charge in [0.2, 0.25) is 5.91 Å². The minimum Gasteiger partial charge on any atom is -0.323 e. The fraction of sp³-hybridized carbons (Fsp3) is 0.100. The van der Waals surface area contributed by atoms with E-state index in [9.17, 15) is 4.79 Å². The van der Waals surface area contributed by atoms with E-state index in [2.05, 4.69) is 20.3 Å². The van der Waals surface area contributed by atoms with Crippen LogP contribution in [0.2, 0.25) is 0 Å². The number of hydrogen-bond donors (Lipinski definition) is 1. The molecule has 26 heavy (non-hydrogen) atoms. The van der Waals surface area contributed by atoms with Crippen molar-refractivity contribution in [2.75, 3.05) is 5.32 Å². The van der Waals surface area contributed by atoms with Gasteiger partial charge in [0.1, 0.15) is 0 Å². The predicted octanol–water partition coefficient (Wildman–Crippen LogP) is 4.29. The van der Waals surface area contributed by atoms with Crippen molar-refractivity contribution in [1.29, 1.82) is 0 Å². The third kappa shape index (κ3) is 5.26. The molecule has 130 valence electrons. The number of aromatic nitrogens is 3. The Morgan fingerprint density at radius 3 is 2.31 bits per heavy atom. The first-order valence-corrected chi connectivity index (χ1v) is 8.89. The predicted molar refractivity (Wildman–Crippen MR) is 104 cm³/mol. The van der Waals surface area contributed by atoms with E-state index in [1.165, 1.54) is 17.8 Å². The summed E-state index contributed by atoms with van der Waals surface area (Å²) in [4.78, 5) is 25.8. The molecule has 0 unspecified atom stereocenters. The second-order valence-corrected chi connectivity index (χ2v) is 6.70. The molecule has 2 heterocycles. The van der Waals surface area contributed by atoms with Gasteiger partial charge in [-0.2, -0.15) is 0 Å². The zero-order chi connectivity index (χ0) is 18.4. The lowest BCUT2D eigenvalue weighted by Crippen LogP contribution is -2.07. The number of anilines is 1. The molecule has 2 aromatic heterocycles. The van der Waals surface area contributed by atoms with E-state index in [0.717, 1.165) is 32.7 Å². The Morgan fingerprint density at radius 1 is 1.00 bits per heavy atom. The van der Waals surface area contributed by atoms with Gasteiger partial charge in [0, 0.05) is 40.4 Å². The van der Waals surface area contributed by atoms with Crippen molar-refractivity contribution in [3.63, 3.8) is 0 Å². The van der Waals surface area contributed by atoms with Crippen molar-refractivity contribution >= 4 is 29.4 Å². The van der Waals surface area contributed by atoms with Crippen LogP contribution in [0.3, 0.4) is 0 Å². The average molecular weight is 362 g/mol. The molecule has 0 fully saturated rings. The molecule has 0 spiro atoms. The van der Waals surface area contributed by atoms with Crippen molar-refractivity contribution in [3.8, 4) is 0 Å². The van der Waals surface area contributed by atoms with Crippen LogP contribution in [0.25, 0.3) is 6.08 Å². The van der Waals surface area contributed by atoms with Crippen molar-refractivity contribution in [2.24, 2.45) is 0 Å². The molecular weight excluding hydrogens is 344 g/mol. The lowest BCUT2D eigenvalue weighted by Gasteiger charge is -2.05. The molecule has 0 saturated heterocycles. The van der Waals surface area contributed by atoms with Crippen LogP contribution in [0.1, 0.15) is 17.0 Å². The monoisotopic (exact) mass is 362 g/mol. The molecule has 6 heteroatoms. The summed E-state index contributed by atoms with van der Waals surface area (Å²) < 4.78 is 0. The third-order valence-electron chi connectivity index (χ3n) is 3.43. The second-order valence-electron chi connectivity index (χ2n) is 5.66. The number of hydrogen-bond acceptors (Lipinski definition) is 5. The van der Waals surface area contributed by atoms with Gasteiger partial charge >= 0.3 is 0 Å². The highest BCUT2D eigenvalue weighted by Gasteiger charge is 2.04. The maximum Gasteiger partial charge on any atom is 0.248 e. The summed E-state index contributed by atoms with van der Waals surface area (Å²) in [5.41, 5.74) is 3.56. The Hall–Kier alpha value is -2.99. The fourth-order valence-corrected chi connectivity index (χ4v) is 3.14. The van der Waals surface area contributed by atoms with Crippen molar-refractivity contribution in [2.45, 2.75) is 23.9 Å². The SMILES string of the molecule is Cc1cc(C)nc(Sc2ccc(NC(=O)/C=C/c3ccncc3)cc2)n1. The Kier molecular flexibility index (Phi) is 5.76. The molecule has 3 aromatic rings. The lowest BCUT2D eigenvalue weighted by atomic mass is 10.2. The smallest absolute Gasteiger partial charge is 0.248 e. The van der Waals surface area contributed by atoms with Crippen LogP contribution in [0.4, 0.5) is 5.69 Å². The Balaban J connectivity index is 1.60. The average Bonchev–Trinajstić information content (AvgIpc) is 2.62. The number of pyridine rings is 1. The Morgan fingerprint density at radius 2 is 1.65 bits per heavy atom. The first-order chi connectivity index (χ1) is 12.6. The van der Waals surface area contributed by atoms with Gasteiger partial charge < -0.3 is 5.32 Å². The second kappa shape index (κ2) is 8.40. The van der Waals surface area contributed by atoms with Crippen molar-refractivity contribution < 1.29 is 4.79 Å². The summed E-state index contributed by atoms with van der Waals surface area (Å²) in [6, 6.07) is 13.2. The normalized spacial score (nSPS) is 10.8. The number of rotatable bonds is 5. The molecule has 0 aliphatic heterocycles. The van der Waals surface area contributed by atoms with Crippen LogP contribution < -0.4 is 5.32 Å². The summed E-state index contributed by atoms with van der Waals surface area (Å²) in [6.07, 6.45) is 6.63. The van der Waals surface area contributed by atoms with Gasteiger partial charge in [-0.25, -0.2) is 9.97 Å². The molecular formula is C20H18N4OS. The van der Waals surface area contributed by atoms with Crippen LogP contribution in [0, 0.1) is 13.8 Å². The van der Waals surface area contributed by atoms with Crippen LogP contribution in [-0.4, -0.2) is 20.9 Å². The molecule has 5 nitrogen and oxygen atoms in total. The lowest BCUT2D eigenvalue weighted by molar-refractivity contribution is -0.111. The molecule has 0 saturated carbocycles. The van der Waals surface area contributed by atoms with Gasteiger partial charge in [-0.1, -0.05) is 0 Å². The topological polar surface area (TPSA) is 67.8 Å². The maximum atomic E-state index is 12.0. The molecule has 1 amide bonds. The zero-order valence-corrected chi connectivity index (χ0v) is 15.3. The Labute approximate surface area is 156 Å². The maximum absolute atomic E-state index is 12.0. The molecule has 0 aliphatic carbocycles. The van der Waals surface area contributed by atoms with Crippen molar-refractivity contribution in [1.82, 2.24) is 15.0 Å². The molecule has 0 bridgehead atoms. The minimum absolute atomic E-state index is 0.181. The first-order valence-electron chi connectivity index (χ1n) is 8.08. The number of benzene rings is 1. The summed E-state index contributed by atoms with van der Waals surface area (Å²) in [5.74, 6) is -0.181. The fourth-order valence-electron chi connectivity index (χ4n) is 2.28. The van der Waals surface area contributed by atoms with Gasteiger partial charge in [0.05, 0.1) is 0 Å². The Bertz CT molecular complexity index is 904. The molecule has 0 aliphatic rings. The van der Waals surface area contributed by atoms with E-state index in [1.54, 1.807) is 18.5 Å². The number of aryl methyl sites for hydroxylation is 2. The minimum atomic E-state index is -0.181. The van der Waals surface area contributed by atoms with E-state index in [1.807, 2.05) is 56.3 Å². The van der Waals surface area contributed by atoms with Crippen LogP contribution >= 0.6 is 11.8 Å². The molecule has 0 radical (unpaired) electrons. The van der Waals surface area contributed by atoms with E-state index in [0.29, 0.717) is 0 Å². The number of carbonyl (C=O) groups excluding carboxylic acids is 1. The van der Waals surface area contributed by atoms with Gasteiger partial charge in [-0.15, -0.1) is 0 Å². The largest absolute Gasteiger partial charge is 0.323 e. The highest BCUT2D eigenvalue weighted by molar-refractivity contribution is 7.99. The van der Waals surface area contributed by atoms with Crippen LogP contribution in [-0.2, 0) is 4.79 Å². The van der Waals surface area contributed by atoms with E-state index in [4.69, 9.17) is 0 Å². The number of nitrogens with zero attached hydrogens (tertiary/aromatic N) is 3. The van der Waals surface area contributed by atoms with Crippen LogP contribution in [0.5, 0.6) is 0 Å². The summed E-state index contributed by atoms with van der Waals surface area (Å²) in [5, 5.41) is 3.56. The number of nitrogens with one attached hydrogen (secondary N) is 1. The summed E-state index contributed by atoms with van der Waals surface area (Å²) in [6.45, 7) is 3.91. The highest BCUT2D eigenvalue weighted by atomic mass is 32.2. The number of amides is 1. The molecule has 3 rings (SSSR count). The summed E-state index contributed by atoms with van der Waals surface area (Å²) >= 11 is 1.50. The zero-order valence-electron chi connectivity index (χ0n) is 14.5. The number of carbonyl (C=O) groups is 1. The first kappa shape index (κ1) is 17.8. The molecule has 1 aromatic carbocycles. The van der Waals surface area contributed by atoms with E-state index < -0.39 is 0 Å². The third-order valence-corrected chi connectivity index (χ3v) is 4.30. The van der Waals surface area contributed by atoms with E-state index in [-0.39, 0.29) is 5.91 Å². The highest BCUT2D eigenvalue weighted by Crippen LogP contribution is 2.26. The van der Waals surface area contributed by atoms with Crippen LogP contribution in [0.15, 0.2) is 71.0 Å². The quantitative estimate of drug-likeness (QED) is 0.542. The standard InChI is InChI=1S/C20H18N4OS/c1-14-13-15(2)23-20(22-14)26-18-6-4-17(5-7-18)24-19(25)8-3-16-9-11-21-12-10-16/h3-13H,1-2H3,(H,24,25)/b8-3+.